The SMILES string of the molecule is Cl.NCCN1N=C(c2ccccc2)CCC1=O. The van der Waals surface area contributed by atoms with Gasteiger partial charge in [0.15, 0.2) is 0 Å². The van der Waals surface area contributed by atoms with Crippen molar-refractivity contribution in [3.05, 3.63) is 35.9 Å². The topological polar surface area (TPSA) is 58.7 Å². The summed E-state index contributed by atoms with van der Waals surface area (Å²) in [5.41, 5.74) is 7.49. The molecule has 1 amide bonds. The summed E-state index contributed by atoms with van der Waals surface area (Å²) < 4.78 is 0. The van der Waals surface area contributed by atoms with E-state index in [1.54, 1.807) is 0 Å². The first-order valence-corrected chi connectivity index (χ1v) is 5.44. The first-order valence-electron chi connectivity index (χ1n) is 5.44. The van der Waals surface area contributed by atoms with Crippen LogP contribution in [0.1, 0.15) is 18.4 Å². The van der Waals surface area contributed by atoms with Gasteiger partial charge in [0.05, 0.1) is 12.3 Å². The van der Waals surface area contributed by atoms with Crippen molar-refractivity contribution in [1.82, 2.24) is 5.01 Å². The van der Waals surface area contributed by atoms with E-state index >= 15 is 0 Å². The van der Waals surface area contributed by atoms with Crippen LogP contribution in [0.15, 0.2) is 35.4 Å². The molecule has 1 heterocycles. The Kier molecular flexibility index (Phi) is 5.12. The normalized spacial score (nSPS) is 15.2. The van der Waals surface area contributed by atoms with E-state index in [0.29, 0.717) is 25.9 Å². The fraction of sp³-hybridized carbons (Fsp3) is 0.333. The maximum absolute atomic E-state index is 11.5. The zero-order chi connectivity index (χ0) is 11.4. The zero-order valence-electron chi connectivity index (χ0n) is 9.50. The highest BCUT2D eigenvalue weighted by Gasteiger charge is 2.20. The lowest BCUT2D eigenvalue weighted by molar-refractivity contribution is -0.131. The van der Waals surface area contributed by atoms with Crippen LogP contribution in [0.2, 0.25) is 0 Å². The minimum absolute atomic E-state index is 0. The first-order chi connectivity index (χ1) is 7.81. The van der Waals surface area contributed by atoms with Crippen LogP contribution in [-0.4, -0.2) is 29.7 Å². The summed E-state index contributed by atoms with van der Waals surface area (Å²) in [6.45, 7) is 0.937. The van der Waals surface area contributed by atoms with Crippen LogP contribution >= 0.6 is 12.4 Å². The van der Waals surface area contributed by atoms with Crippen LogP contribution in [0.4, 0.5) is 0 Å². The molecule has 17 heavy (non-hydrogen) atoms. The third-order valence-electron chi connectivity index (χ3n) is 2.55. The lowest BCUT2D eigenvalue weighted by atomic mass is 10.0. The Morgan fingerprint density at radius 2 is 1.94 bits per heavy atom. The van der Waals surface area contributed by atoms with E-state index in [1.165, 1.54) is 5.01 Å². The molecule has 1 aliphatic heterocycles. The van der Waals surface area contributed by atoms with Crippen molar-refractivity contribution < 1.29 is 4.79 Å². The maximum atomic E-state index is 11.5. The molecule has 0 aromatic heterocycles. The van der Waals surface area contributed by atoms with Gasteiger partial charge >= 0.3 is 0 Å². The Morgan fingerprint density at radius 3 is 2.59 bits per heavy atom. The van der Waals surface area contributed by atoms with Gasteiger partial charge in [-0.1, -0.05) is 30.3 Å². The third-order valence-corrected chi connectivity index (χ3v) is 2.55. The second-order valence-corrected chi connectivity index (χ2v) is 3.72. The molecular formula is C12H16ClN3O. The molecule has 2 rings (SSSR count). The van der Waals surface area contributed by atoms with E-state index in [2.05, 4.69) is 5.10 Å². The molecule has 5 heteroatoms. The van der Waals surface area contributed by atoms with Gasteiger partial charge in [-0.05, 0) is 5.56 Å². The fourth-order valence-corrected chi connectivity index (χ4v) is 1.74. The van der Waals surface area contributed by atoms with E-state index < -0.39 is 0 Å². The molecule has 0 atom stereocenters. The highest BCUT2D eigenvalue weighted by Crippen LogP contribution is 2.14. The first kappa shape index (κ1) is 13.7. The van der Waals surface area contributed by atoms with Gasteiger partial charge in [-0.2, -0.15) is 5.10 Å². The number of nitrogens with two attached hydrogens (primary N) is 1. The third kappa shape index (κ3) is 3.28. The van der Waals surface area contributed by atoms with Crippen molar-refractivity contribution in [3.8, 4) is 0 Å². The molecule has 0 saturated carbocycles. The van der Waals surface area contributed by atoms with Crippen LogP contribution in [-0.2, 0) is 4.79 Å². The van der Waals surface area contributed by atoms with E-state index in [4.69, 9.17) is 5.73 Å². The molecule has 1 aromatic rings. The number of hydrogen-bond acceptors (Lipinski definition) is 3. The standard InChI is InChI=1S/C12H15N3O.ClH/c13-8-9-15-12(16)7-6-11(14-15)10-4-2-1-3-5-10;/h1-5H,6-9,13H2;1H. The molecule has 0 bridgehead atoms. The van der Waals surface area contributed by atoms with Crippen molar-refractivity contribution in [2.24, 2.45) is 10.8 Å². The maximum Gasteiger partial charge on any atom is 0.243 e. The monoisotopic (exact) mass is 253 g/mol. The Labute approximate surface area is 107 Å². The van der Waals surface area contributed by atoms with Crippen molar-refractivity contribution in [2.45, 2.75) is 12.8 Å². The number of benzene rings is 1. The van der Waals surface area contributed by atoms with Gasteiger partial charge in [0.2, 0.25) is 5.91 Å². The van der Waals surface area contributed by atoms with E-state index in [-0.39, 0.29) is 18.3 Å². The van der Waals surface area contributed by atoms with Gasteiger partial charge < -0.3 is 5.73 Å². The smallest absolute Gasteiger partial charge is 0.243 e. The van der Waals surface area contributed by atoms with Crippen molar-refractivity contribution in [1.29, 1.82) is 0 Å². The molecule has 0 radical (unpaired) electrons. The molecule has 1 aromatic carbocycles. The zero-order valence-corrected chi connectivity index (χ0v) is 10.3. The van der Waals surface area contributed by atoms with Crippen LogP contribution in [0.5, 0.6) is 0 Å². The largest absolute Gasteiger partial charge is 0.329 e. The predicted octanol–water partition coefficient (Wildman–Crippen LogP) is 1.39. The summed E-state index contributed by atoms with van der Waals surface area (Å²) in [5, 5.41) is 5.82. The van der Waals surface area contributed by atoms with E-state index in [9.17, 15) is 4.79 Å². The Hall–Kier alpha value is -1.39. The number of nitrogens with zero attached hydrogens (tertiary/aromatic N) is 2. The minimum Gasteiger partial charge on any atom is -0.329 e. The highest BCUT2D eigenvalue weighted by atomic mass is 35.5. The molecule has 0 aliphatic carbocycles. The fourth-order valence-electron chi connectivity index (χ4n) is 1.74. The number of hydrazone groups is 1. The number of hydrogen-bond donors (Lipinski definition) is 1. The van der Waals surface area contributed by atoms with Gasteiger partial charge in [0.1, 0.15) is 0 Å². The Bertz CT molecular complexity index is 405. The molecule has 0 unspecified atom stereocenters. The van der Waals surface area contributed by atoms with Gasteiger partial charge in [0, 0.05) is 19.4 Å². The highest BCUT2D eigenvalue weighted by molar-refractivity contribution is 6.04. The Morgan fingerprint density at radius 1 is 1.24 bits per heavy atom. The van der Waals surface area contributed by atoms with Crippen LogP contribution in [0.3, 0.4) is 0 Å². The molecular weight excluding hydrogens is 238 g/mol. The summed E-state index contributed by atoms with van der Waals surface area (Å²) in [4.78, 5) is 11.5. The summed E-state index contributed by atoms with van der Waals surface area (Å²) in [6.07, 6.45) is 1.23. The van der Waals surface area contributed by atoms with Gasteiger partial charge in [0.25, 0.3) is 0 Å². The van der Waals surface area contributed by atoms with Crippen molar-refractivity contribution in [2.75, 3.05) is 13.1 Å². The molecule has 0 spiro atoms. The molecule has 0 fully saturated rings. The second kappa shape index (κ2) is 6.37. The average molecular weight is 254 g/mol. The summed E-state index contributed by atoms with van der Waals surface area (Å²) >= 11 is 0. The molecule has 0 saturated heterocycles. The lowest BCUT2D eigenvalue weighted by Gasteiger charge is -2.23. The van der Waals surface area contributed by atoms with Gasteiger partial charge in [-0.3, -0.25) is 4.79 Å². The van der Waals surface area contributed by atoms with Crippen molar-refractivity contribution in [3.63, 3.8) is 0 Å². The van der Waals surface area contributed by atoms with Crippen molar-refractivity contribution >= 4 is 24.0 Å². The van der Waals surface area contributed by atoms with Crippen LogP contribution in [0, 0.1) is 0 Å². The van der Waals surface area contributed by atoms with E-state index in [0.717, 1.165) is 11.3 Å². The molecule has 2 N–H and O–H groups in total. The average Bonchev–Trinajstić information content (AvgIpc) is 2.33. The second-order valence-electron chi connectivity index (χ2n) is 3.72. The Balaban J connectivity index is 0.00000144. The summed E-state index contributed by atoms with van der Waals surface area (Å²) in [6, 6.07) is 9.93. The predicted molar refractivity (Wildman–Crippen MR) is 70.2 cm³/mol. The molecule has 4 nitrogen and oxygen atoms in total. The number of carbonyl (C=O) groups excluding carboxylic acids is 1. The summed E-state index contributed by atoms with van der Waals surface area (Å²) in [5.74, 6) is 0.0603. The van der Waals surface area contributed by atoms with Crippen LogP contribution in [0.25, 0.3) is 0 Å². The number of carbonyl (C=O) groups is 1. The number of halogens is 1. The van der Waals surface area contributed by atoms with Gasteiger partial charge in [-0.25, -0.2) is 5.01 Å². The number of amides is 1. The summed E-state index contributed by atoms with van der Waals surface area (Å²) in [7, 11) is 0. The quantitative estimate of drug-likeness (QED) is 0.885. The van der Waals surface area contributed by atoms with Gasteiger partial charge in [-0.15, -0.1) is 12.4 Å². The molecule has 92 valence electrons. The molecule has 1 aliphatic rings. The van der Waals surface area contributed by atoms with Crippen LogP contribution < -0.4 is 5.73 Å². The number of rotatable bonds is 3. The minimum atomic E-state index is 0. The lowest BCUT2D eigenvalue weighted by Crippen LogP contribution is -2.35. The van der Waals surface area contributed by atoms with E-state index in [1.807, 2.05) is 30.3 Å².